The molecule has 0 radical (unpaired) electrons. The Morgan fingerprint density at radius 1 is 1.19 bits per heavy atom. The van der Waals surface area contributed by atoms with Crippen LogP contribution in [0.15, 0.2) is 24.3 Å². The highest BCUT2D eigenvalue weighted by atomic mass is 14.9. The minimum atomic E-state index is 0.554. The van der Waals surface area contributed by atoms with E-state index in [0.29, 0.717) is 6.04 Å². The molecule has 1 N–H and O–H groups in total. The summed E-state index contributed by atoms with van der Waals surface area (Å²) in [5.74, 6) is 2.51. The Labute approximate surface area is 131 Å². The lowest BCUT2D eigenvalue weighted by molar-refractivity contribution is 0.359. The van der Waals surface area contributed by atoms with Crippen molar-refractivity contribution in [2.75, 3.05) is 6.54 Å². The van der Waals surface area contributed by atoms with Crippen molar-refractivity contribution < 1.29 is 0 Å². The monoisotopic (exact) mass is 287 g/mol. The fraction of sp³-hybridized carbons (Fsp3) is 0.700. The molecule has 1 saturated carbocycles. The summed E-state index contributed by atoms with van der Waals surface area (Å²) in [6.07, 6.45) is 6.76. The van der Waals surface area contributed by atoms with Gasteiger partial charge in [-0.15, -0.1) is 0 Å². The molecule has 3 unspecified atom stereocenters. The molecule has 1 aliphatic rings. The van der Waals surface area contributed by atoms with Gasteiger partial charge in [0.2, 0.25) is 0 Å². The van der Waals surface area contributed by atoms with Crippen LogP contribution in [0.3, 0.4) is 0 Å². The summed E-state index contributed by atoms with van der Waals surface area (Å²) < 4.78 is 0. The molecule has 21 heavy (non-hydrogen) atoms. The van der Waals surface area contributed by atoms with Gasteiger partial charge in [-0.3, -0.25) is 0 Å². The Balaban J connectivity index is 2.14. The Morgan fingerprint density at radius 3 is 2.62 bits per heavy atom. The van der Waals surface area contributed by atoms with Gasteiger partial charge in [-0.05, 0) is 54.7 Å². The zero-order valence-corrected chi connectivity index (χ0v) is 14.4. The first kappa shape index (κ1) is 16.5. The van der Waals surface area contributed by atoms with Gasteiger partial charge in [-0.2, -0.15) is 0 Å². The molecule has 1 aromatic carbocycles. The standard InChI is InChI=1S/C20H33N/c1-5-16-10-11-19(13-16)20(21-6-2)18-9-7-8-17(14-18)12-15(3)4/h7-9,14-16,19-21H,5-6,10-13H2,1-4H3. The van der Waals surface area contributed by atoms with Crippen molar-refractivity contribution in [3.8, 4) is 0 Å². The third-order valence-corrected chi connectivity index (χ3v) is 5.01. The van der Waals surface area contributed by atoms with Gasteiger partial charge in [-0.25, -0.2) is 0 Å². The minimum absolute atomic E-state index is 0.554. The van der Waals surface area contributed by atoms with Crippen LogP contribution in [0.25, 0.3) is 0 Å². The molecule has 0 saturated heterocycles. The third-order valence-electron chi connectivity index (χ3n) is 5.01. The predicted molar refractivity (Wildman–Crippen MR) is 92.5 cm³/mol. The largest absolute Gasteiger partial charge is 0.310 e. The van der Waals surface area contributed by atoms with Crippen LogP contribution in [0, 0.1) is 17.8 Å². The molecule has 1 nitrogen and oxygen atoms in total. The molecule has 0 spiro atoms. The predicted octanol–water partition coefficient (Wildman–Crippen LogP) is 5.36. The van der Waals surface area contributed by atoms with Crippen LogP contribution in [-0.2, 0) is 6.42 Å². The van der Waals surface area contributed by atoms with Gasteiger partial charge in [0.25, 0.3) is 0 Å². The maximum absolute atomic E-state index is 3.77. The van der Waals surface area contributed by atoms with Crippen LogP contribution >= 0.6 is 0 Å². The van der Waals surface area contributed by atoms with Gasteiger partial charge in [0.15, 0.2) is 0 Å². The van der Waals surface area contributed by atoms with Crippen LogP contribution in [0.4, 0.5) is 0 Å². The highest BCUT2D eigenvalue weighted by Gasteiger charge is 2.30. The van der Waals surface area contributed by atoms with E-state index in [4.69, 9.17) is 0 Å². The van der Waals surface area contributed by atoms with Gasteiger partial charge in [0, 0.05) is 6.04 Å². The first-order valence-electron chi connectivity index (χ1n) is 8.96. The molecule has 1 aromatic rings. The first-order valence-corrected chi connectivity index (χ1v) is 8.96. The van der Waals surface area contributed by atoms with Crippen molar-refractivity contribution in [3.63, 3.8) is 0 Å². The zero-order valence-electron chi connectivity index (χ0n) is 14.4. The average molecular weight is 287 g/mol. The van der Waals surface area contributed by atoms with Crippen LogP contribution < -0.4 is 5.32 Å². The van der Waals surface area contributed by atoms with Crippen molar-refractivity contribution in [3.05, 3.63) is 35.4 Å². The molecular weight excluding hydrogens is 254 g/mol. The van der Waals surface area contributed by atoms with Crippen molar-refractivity contribution in [2.45, 2.75) is 65.8 Å². The molecule has 0 bridgehead atoms. The number of nitrogens with one attached hydrogen (secondary N) is 1. The lowest BCUT2D eigenvalue weighted by Gasteiger charge is -2.26. The summed E-state index contributed by atoms with van der Waals surface area (Å²) in [7, 11) is 0. The minimum Gasteiger partial charge on any atom is -0.310 e. The zero-order chi connectivity index (χ0) is 15.2. The lowest BCUT2D eigenvalue weighted by Crippen LogP contribution is -2.27. The van der Waals surface area contributed by atoms with E-state index in [1.54, 1.807) is 0 Å². The Bertz CT molecular complexity index is 424. The molecule has 0 heterocycles. The number of rotatable bonds is 7. The van der Waals surface area contributed by atoms with Crippen LogP contribution in [0.2, 0.25) is 0 Å². The van der Waals surface area contributed by atoms with E-state index in [1.165, 1.54) is 43.2 Å². The molecule has 1 aliphatic carbocycles. The van der Waals surface area contributed by atoms with Gasteiger partial charge < -0.3 is 5.32 Å². The molecule has 118 valence electrons. The molecule has 2 rings (SSSR count). The van der Waals surface area contributed by atoms with Crippen LogP contribution in [-0.4, -0.2) is 6.54 Å². The molecule has 0 aliphatic heterocycles. The second-order valence-corrected chi connectivity index (χ2v) is 7.23. The Kier molecular flexibility index (Phi) is 6.29. The van der Waals surface area contributed by atoms with E-state index < -0.39 is 0 Å². The fourth-order valence-electron chi connectivity index (χ4n) is 3.95. The van der Waals surface area contributed by atoms with Crippen LogP contribution in [0.5, 0.6) is 0 Å². The summed E-state index contributed by atoms with van der Waals surface area (Å²) in [4.78, 5) is 0. The van der Waals surface area contributed by atoms with Crippen molar-refractivity contribution >= 4 is 0 Å². The highest BCUT2D eigenvalue weighted by Crippen LogP contribution is 2.40. The number of benzene rings is 1. The molecule has 0 amide bonds. The normalized spacial score (nSPS) is 23.7. The van der Waals surface area contributed by atoms with E-state index in [-0.39, 0.29) is 0 Å². The topological polar surface area (TPSA) is 12.0 Å². The summed E-state index contributed by atoms with van der Waals surface area (Å²) >= 11 is 0. The van der Waals surface area contributed by atoms with Crippen molar-refractivity contribution in [2.24, 2.45) is 17.8 Å². The second-order valence-electron chi connectivity index (χ2n) is 7.23. The number of hydrogen-bond donors (Lipinski definition) is 1. The summed E-state index contributed by atoms with van der Waals surface area (Å²) in [5, 5.41) is 3.77. The highest BCUT2D eigenvalue weighted by molar-refractivity contribution is 5.27. The molecule has 1 fully saturated rings. The second kappa shape index (κ2) is 7.98. The van der Waals surface area contributed by atoms with E-state index in [1.807, 2.05) is 0 Å². The van der Waals surface area contributed by atoms with Crippen molar-refractivity contribution in [1.82, 2.24) is 5.32 Å². The molecular formula is C20H33N. The average Bonchev–Trinajstić information content (AvgIpc) is 2.93. The maximum Gasteiger partial charge on any atom is 0.0348 e. The third kappa shape index (κ3) is 4.57. The van der Waals surface area contributed by atoms with Crippen LogP contribution in [0.1, 0.15) is 70.5 Å². The summed E-state index contributed by atoms with van der Waals surface area (Å²) in [6.45, 7) is 10.2. The summed E-state index contributed by atoms with van der Waals surface area (Å²) in [6, 6.07) is 9.88. The maximum atomic E-state index is 3.77. The molecule has 1 heteroatoms. The van der Waals surface area contributed by atoms with Gasteiger partial charge in [0.1, 0.15) is 0 Å². The fourth-order valence-corrected chi connectivity index (χ4v) is 3.95. The molecule has 3 atom stereocenters. The van der Waals surface area contributed by atoms with Crippen molar-refractivity contribution in [1.29, 1.82) is 0 Å². The molecule has 0 aromatic heterocycles. The smallest absolute Gasteiger partial charge is 0.0348 e. The Hall–Kier alpha value is -0.820. The van der Waals surface area contributed by atoms with E-state index in [9.17, 15) is 0 Å². The lowest BCUT2D eigenvalue weighted by atomic mass is 9.88. The summed E-state index contributed by atoms with van der Waals surface area (Å²) in [5.41, 5.74) is 3.01. The van der Waals surface area contributed by atoms with E-state index in [2.05, 4.69) is 57.3 Å². The Morgan fingerprint density at radius 2 is 2.00 bits per heavy atom. The van der Waals surface area contributed by atoms with E-state index >= 15 is 0 Å². The quantitative estimate of drug-likeness (QED) is 0.711. The van der Waals surface area contributed by atoms with Gasteiger partial charge >= 0.3 is 0 Å². The van der Waals surface area contributed by atoms with Gasteiger partial charge in [0.05, 0.1) is 0 Å². The number of hydrogen-bond acceptors (Lipinski definition) is 1. The SMILES string of the molecule is CCNC(c1cccc(CC(C)C)c1)C1CCC(CC)C1. The van der Waals surface area contributed by atoms with Gasteiger partial charge in [-0.1, -0.05) is 64.8 Å². The van der Waals surface area contributed by atoms with E-state index in [0.717, 1.165) is 24.3 Å². The first-order chi connectivity index (χ1) is 10.1.